The molecule has 1 rings (SSSR count). The molecular formula is C11H19Br3PZr. The Balaban J connectivity index is -0.000000563. The largest absolute Gasteiger partial charge is 1.00 e. The van der Waals surface area contributed by atoms with E-state index in [1.54, 1.807) is 3.28 Å². The van der Waals surface area contributed by atoms with Crippen LogP contribution in [0.15, 0.2) is 21.5 Å². The Morgan fingerprint density at radius 3 is 2.19 bits per heavy atom. The van der Waals surface area contributed by atoms with Gasteiger partial charge < -0.3 is 50.9 Å². The monoisotopic (exact) mass is 509 g/mol. The van der Waals surface area contributed by atoms with Crippen LogP contribution in [0.1, 0.15) is 20.3 Å². The van der Waals surface area contributed by atoms with Crippen molar-refractivity contribution in [1.29, 1.82) is 0 Å². The Kier molecular flexibility index (Phi) is 16.2. The number of hydrogen-bond donors (Lipinski definition) is 0. The second-order valence-electron chi connectivity index (χ2n) is 4.57. The summed E-state index contributed by atoms with van der Waals surface area (Å²) in [4.78, 5) is 0. The minimum Gasteiger partial charge on any atom is -1.00 e. The van der Waals surface area contributed by atoms with Gasteiger partial charge in [0.2, 0.25) is 0 Å². The van der Waals surface area contributed by atoms with Gasteiger partial charge in [-0.1, -0.05) is 0 Å². The summed E-state index contributed by atoms with van der Waals surface area (Å²) in [5.41, 5.74) is 0. The normalized spacial score (nSPS) is 13.2. The topological polar surface area (TPSA) is 0 Å². The molecule has 0 aromatic carbocycles. The third-order valence-electron chi connectivity index (χ3n) is 1.98. The molecule has 0 spiro atoms. The van der Waals surface area contributed by atoms with Gasteiger partial charge in [0.25, 0.3) is 0 Å². The van der Waals surface area contributed by atoms with Gasteiger partial charge >= 0.3 is 95.5 Å². The molecule has 0 saturated carbocycles. The minimum absolute atomic E-state index is 0. The van der Waals surface area contributed by atoms with Crippen molar-refractivity contribution in [3.8, 4) is 0 Å². The molecule has 0 heterocycles. The van der Waals surface area contributed by atoms with Crippen LogP contribution >= 0.6 is 7.92 Å². The van der Waals surface area contributed by atoms with Crippen molar-refractivity contribution in [2.45, 2.75) is 23.4 Å². The average molecular weight is 513 g/mol. The number of hydrogen-bond acceptors (Lipinski definition) is 0. The molecule has 16 heavy (non-hydrogen) atoms. The van der Waals surface area contributed by atoms with Crippen molar-refractivity contribution in [2.75, 3.05) is 19.5 Å². The van der Waals surface area contributed by atoms with Crippen molar-refractivity contribution in [3.63, 3.8) is 0 Å². The van der Waals surface area contributed by atoms with E-state index < -0.39 is 0 Å². The third-order valence-corrected chi connectivity index (χ3v) is 7.93. The first-order chi connectivity index (χ1) is 5.99. The predicted octanol–water partition coefficient (Wildman–Crippen LogP) is -5.14. The number of halogens is 3. The Morgan fingerprint density at radius 2 is 1.81 bits per heavy atom. The van der Waals surface area contributed by atoms with Crippen molar-refractivity contribution >= 4 is 7.92 Å². The molecule has 0 aromatic heterocycles. The molecule has 5 heteroatoms. The van der Waals surface area contributed by atoms with Gasteiger partial charge in [-0.25, -0.2) is 0 Å². The van der Waals surface area contributed by atoms with Gasteiger partial charge in [0.1, 0.15) is 0 Å². The molecule has 1 aliphatic rings. The second-order valence-corrected chi connectivity index (χ2v) is 12.6. The molecular weight excluding hydrogens is 494 g/mol. The van der Waals surface area contributed by atoms with Gasteiger partial charge in [-0.15, -0.1) is 0 Å². The number of rotatable bonds is 4. The maximum atomic E-state index is 2.47. The summed E-state index contributed by atoms with van der Waals surface area (Å²) in [6, 6.07) is 0. The van der Waals surface area contributed by atoms with Crippen molar-refractivity contribution in [1.82, 2.24) is 0 Å². The molecule has 0 N–H and O–H groups in total. The summed E-state index contributed by atoms with van der Waals surface area (Å²) in [6.07, 6.45) is 9.62. The summed E-state index contributed by atoms with van der Waals surface area (Å²) in [6.45, 7) is 9.75. The fourth-order valence-electron chi connectivity index (χ4n) is 1.80. The van der Waals surface area contributed by atoms with Crippen molar-refractivity contribution < 1.29 is 74.2 Å². The molecule has 0 aliphatic heterocycles. The summed E-state index contributed by atoms with van der Waals surface area (Å²) in [7, 11) is 0.286. The fraction of sp³-hybridized carbons (Fsp3) is 0.636. The Labute approximate surface area is 145 Å². The molecule has 0 aromatic rings. The molecule has 0 bridgehead atoms. The van der Waals surface area contributed by atoms with E-state index in [4.69, 9.17) is 0 Å². The van der Waals surface area contributed by atoms with Crippen LogP contribution in [0.2, 0.25) is 3.12 Å². The van der Waals surface area contributed by atoms with E-state index in [2.05, 4.69) is 45.4 Å². The van der Waals surface area contributed by atoms with Gasteiger partial charge in [0.05, 0.1) is 0 Å². The van der Waals surface area contributed by atoms with Crippen LogP contribution < -0.4 is 50.9 Å². The van der Waals surface area contributed by atoms with E-state index in [-0.39, 0.29) is 82.1 Å². The van der Waals surface area contributed by atoms with E-state index in [1.165, 1.54) is 12.6 Å². The molecule has 0 fully saturated rings. The first-order valence-corrected chi connectivity index (χ1v) is 9.66. The van der Waals surface area contributed by atoms with Crippen molar-refractivity contribution in [3.05, 3.63) is 21.5 Å². The first kappa shape index (κ1) is 23.3. The maximum absolute atomic E-state index is 2.47. The van der Waals surface area contributed by atoms with Crippen LogP contribution in [-0.4, -0.2) is 19.5 Å². The van der Waals surface area contributed by atoms with Crippen LogP contribution in [-0.2, 0) is 23.2 Å². The van der Waals surface area contributed by atoms with Gasteiger partial charge in [0, 0.05) is 0 Å². The van der Waals surface area contributed by atoms with E-state index in [1.807, 2.05) is 0 Å². The minimum atomic E-state index is -0.301. The van der Waals surface area contributed by atoms with Crippen LogP contribution in [0.4, 0.5) is 0 Å². The first-order valence-electron chi connectivity index (χ1n) is 4.78. The second kappa shape index (κ2) is 11.1. The van der Waals surface area contributed by atoms with Crippen molar-refractivity contribution in [2.24, 2.45) is 0 Å². The summed E-state index contributed by atoms with van der Waals surface area (Å²) in [5, 5.41) is 0. The average Bonchev–Trinajstić information content (AvgIpc) is 2.34. The van der Waals surface area contributed by atoms with E-state index in [0.29, 0.717) is 3.12 Å². The summed E-state index contributed by atoms with van der Waals surface area (Å²) >= 11 is -0.301. The molecule has 1 aliphatic carbocycles. The fourth-order valence-corrected chi connectivity index (χ4v) is 9.50. The Hall–Kier alpha value is 2.23. The molecule has 93 valence electrons. The standard InChI is InChI=1S/C6H14P.C5H5.3BrH.Zr/c1-6(2)5-7(3)4;1-2-4-5-3-1;;;;/h5H2,1-4H3;1-3H,4H2;3*1H;/q;;;;;+3/p-3. The van der Waals surface area contributed by atoms with Crippen LogP contribution in [0.5, 0.6) is 0 Å². The molecule has 0 unspecified atom stereocenters. The smallest absolute Gasteiger partial charge is 1.00 e. The predicted molar refractivity (Wildman–Crippen MR) is 59.5 cm³/mol. The Morgan fingerprint density at radius 1 is 1.25 bits per heavy atom. The summed E-state index contributed by atoms with van der Waals surface area (Å²) < 4.78 is 2.46. The van der Waals surface area contributed by atoms with Gasteiger partial charge in [-0.3, -0.25) is 0 Å². The van der Waals surface area contributed by atoms with E-state index in [9.17, 15) is 0 Å². The molecule has 0 saturated heterocycles. The SMILES string of the molecule is CP(C)C[C](C)(C)[Zr+3][C]1=CC=CC1.[Br-].[Br-].[Br-]. The quantitative estimate of drug-likeness (QED) is 0.331. The molecule has 0 atom stereocenters. The zero-order chi connectivity index (χ0) is 9.90. The van der Waals surface area contributed by atoms with E-state index >= 15 is 0 Å². The molecule has 0 nitrogen and oxygen atoms in total. The number of allylic oxidation sites excluding steroid dienone is 4. The summed E-state index contributed by atoms with van der Waals surface area (Å²) in [5.74, 6) is 0. The third kappa shape index (κ3) is 10.2. The maximum Gasteiger partial charge on any atom is -1.00 e. The molecule has 0 radical (unpaired) electrons. The Bertz CT molecular complexity index is 237. The van der Waals surface area contributed by atoms with Gasteiger partial charge in [0.15, 0.2) is 0 Å². The molecule has 0 amide bonds. The van der Waals surface area contributed by atoms with Gasteiger partial charge in [-0.2, -0.15) is 0 Å². The zero-order valence-electron chi connectivity index (χ0n) is 10.2. The van der Waals surface area contributed by atoms with Gasteiger partial charge in [-0.05, 0) is 0 Å². The van der Waals surface area contributed by atoms with E-state index in [0.717, 1.165) is 0 Å². The van der Waals surface area contributed by atoms with Crippen LogP contribution in [0, 0.1) is 0 Å². The zero-order valence-corrected chi connectivity index (χ0v) is 18.3. The van der Waals surface area contributed by atoms with Crippen LogP contribution in [0.25, 0.3) is 0 Å². The van der Waals surface area contributed by atoms with Crippen LogP contribution in [0.3, 0.4) is 0 Å².